The summed E-state index contributed by atoms with van der Waals surface area (Å²) >= 11 is 0. The second-order valence-electron chi connectivity index (χ2n) is 4.56. The number of carbonyl (C=O) groups is 1. The Balaban J connectivity index is 2.57. The van der Waals surface area contributed by atoms with E-state index >= 15 is 0 Å². The Morgan fingerprint density at radius 1 is 1.61 bits per heavy atom. The van der Waals surface area contributed by atoms with Gasteiger partial charge in [-0.15, -0.1) is 0 Å². The smallest absolute Gasteiger partial charge is 0.240 e. The van der Waals surface area contributed by atoms with Crippen molar-refractivity contribution in [1.29, 1.82) is 0 Å². The molecule has 0 fully saturated rings. The molecule has 6 nitrogen and oxygen atoms in total. The molecule has 6 heteroatoms. The van der Waals surface area contributed by atoms with Gasteiger partial charge in [0.15, 0.2) is 0 Å². The Labute approximate surface area is 108 Å². The van der Waals surface area contributed by atoms with Crippen molar-refractivity contribution in [2.45, 2.75) is 26.4 Å². The molecule has 0 spiro atoms. The highest BCUT2D eigenvalue weighted by atomic mass is 16.5. The topological polar surface area (TPSA) is 82.2 Å². The summed E-state index contributed by atoms with van der Waals surface area (Å²) in [5, 5.41) is 2.76. The summed E-state index contributed by atoms with van der Waals surface area (Å²) in [6, 6.07) is -0.112. The highest BCUT2D eigenvalue weighted by Gasteiger charge is 2.16. The number of hydrogen-bond donors (Lipinski definition) is 2. The van der Waals surface area contributed by atoms with Gasteiger partial charge in [0.05, 0.1) is 18.6 Å². The third-order valence-electron chi connectivity index (χ3n) is 2.75. The summed E-state index contributed by atoms with van der Waals surface area (Å²) in [5.74, 6) is 0.235. The molecule has 3 N–H and O–H groups in total. The van der Waals surface area contributed by atoms with Crippen molar-refractivity contribution in [3.8, 4) is 0 Å². The molecular weight excluding hydrogens is 232 g/mol. The Bertz CT molecular complexity index is 376. The Hall–Kier alpha value is -1.40. The van der Waals surface area contributed by atoms with Gasteiger partial charge in [-0.1, -0.05) is 13.8 Å². The zero-order chi connectivity index (χ0) is 13.5. The van der Waals surface area contributed by atoms with E-state index in [-0.39, 0.29) is 18.5 Å². The standard InChI is InChI=1S/C12H22N4O2/c1-9(2)12(13)10-6-14-8-16(10)7-11(17)15-4-5-18-3/h6,8-9,12H,4-5,7,13H2,1-3H3,(H,15,17). The fourth-order valence-corrected chi connectivity index (χ4v) is 1.59. The highest BCUT2D eigenvalue weighted by molar-refractivity contribution is 5.75. The molecule has 0 saturated heterocycles. The molecule has 0 aromatic carbocycles. The summed E-state index contributed by atoms with van der Waals surface area (Å²) in [5.41, 5.74) is 6.95. The second kappa shape index (κ2) is 7.13. The molecule has 1 aromatic heterocycles. The van der Waals surface area contributed by atoms with Crippen LogP contribution in [-0.2, 0) is 16.1 Å². The second-order valence-corrected chi connectivity index (χ2v) is 4.56. The van der Waals surface area contributed by atoms with Gasteiger partial charge in [0.25, 0.3) is 0 Å². The minimum Gasteiger partial charge on any atom is -0.383 e. The van der Waals surface area contributed by atoms with Gasteiger partial charge in [-0.3, -0.25) is 4.79 Å². The van der Waals surface area contributed by atoms with Gasteiger partial charge >= 0.3 is 0 Å². The van der Waals surface area contributed by atoms with Gasteiger partial charge in [0.2, 0.25) is 5.91 Å². The molecule has 0 aliphatic carbocycles. The van der Waals surface area contributed by atoms with Crippen molar-refractivity contribution in [3.05, 3.63) is 18.2 Å². The number of hydrogen-bond acceptors (Lipinski definition) is 4. The van der Waals surface area contributed by atoms with Crippen LogP contribution in [0.1, 0.15) is 25.6 Å². The van der Waals surface area contributed by atoms with Crippen LogP contribution in [0.15, 0.2) is 12.5 Å². The molecule has 1 rings (SSSR count). The molecule has 1 atom stereocenters. The predicted octanol–water partition coefficient (Wildman–Crippen LogP) is 0.302. The van der Waals surface area contributed by atoms with Crippen LogP contribution in [0.3, 0.4) is 0 Å². The minimum atomic E-state index is -0.112. The average Bonchev–Trinajstić information content (AvgIpc) is 2.76. The van der Waals surface area contributed by atoms with Crippen molar-refractivity contribution in [2.24, 2.45) is 11.7 Å². The molecule has 0 aliphatic rings. The molecule has 1 aromatic rings. The quantitative estimate of drug-likeness (QED) is 0.686. The first-order chi connectivity index (χ1) is 8.56. The van der Waals surface area contributed by atoms with Gasteiger partial charge in [-0.25, -0.2) is 4.98 Å². The minimum absolute atomic E-state index is 0.0674. The number of aromatic nitrogens is 2. The normalized spacial score (nSPS) is 12.7. The van der Waals surface area contributed by atoms with Crippen molar-refractivity contribution in [1.82, 2.24) is 14.9 Å². The van der Waals surface area contributed by atoms with E-state index in [0.717, 1.165) is 5.69 Å². The Morgan fingerprint density at radius 3 is 2.94 bits per heavy atom. The molecule has 0 aliphatic heterocycles. The lowest BCUT2D eigenvalue weighted by molar-refractivity contribution is -0.121. The first-order valence-corrected chi connectivity index (χ1v) is 6.07. The van der Waals surface area contributed by atoms with E-state index in [1.165, 1.54) is 0 Å². The molecule has 18 heavy (non-hydrogen) atoms. The molecule has 1 heterocycles. The number of imidazole rings is 1. The number of nitrogens with zero attached hydrogens (tertiary/aromatic N) is 2. The van der Waals surface area contributed by atoms with Crippen LogP contribution in [-0.4, -0.2) is 35.7 Å². The summed E-state index contributed by atoms with van der Waals surface area (Å²) in [6.07, 6.45) is 3.35. The lowest BCUT2D eigenvalue weighted by Gasteiger charge is -2.17. The van der Waals surface area contributed by atoms with E-state index in [9.17, 15) is 4.79 Å². The zero-order valence-corrected chi connectivity index (χ0v) is 11.2. The molecule has 0 bridgehead atoms. The largest absolute Gasteiger partial charge is 0.383 e. The Morgan fingerprint density at radius 2 is 2.33 bits per heavy atom. The highest BCUT2D eigenvalue weighted by Crippen LogP contribution is 2.17. The van der Waals surface area contributed by atoms with Crippen molar-refractivity contribution in [2.75, 3.05) is 20.3 Å². The van der Waals surface area contributed by atoms with Gasteiger partial charge in [0.1, 0.15) is 6.54 Å². The number of nitrogens with two attached hydrogens (primary N) is 1. The summed E-state index contributed by atoms with van der Waals surface area (Å²) < 4.78 is 6.65. The van der Waals surface area contributed by atoms with Crippen molar-refractivity contribution >= 4 is 5.91 Å². The number of carbonyl (C=O) groups excluding carboxylic acids is 1. The van der Waals surface area contributed by atoms with Crippen LogP contribution in [0, 0.1) is 5.92 Å². The van der Waals surface area contributed by atoms with Crippen LogP contribution in [0.5, 0.6) is 0 Å². The lowest BCUT2D eigenvalue weighted by atomic mass is 10.0. The van der Waals surface area contributed by atoms with Gasteiger partial charge in [-0.05, 0) is 5.92 Å². The number of nitrogens with one attached hydrogen (secondary N) is 1. The number of ether oxygens (including phenoxy) is 1. The van der Waals surface area contributed by atoms with E-state index < -0.39 is 0 Å². The van der Waals surface area contributed by atoms with Crippen LogP contribution in [0.2, 0.25) is 0 Å². The van der Waals surface area contributed by atoms with E-state index in [2.05, 4.69) is 10.3 Å². The number of methoxy groups -OCH3 is 1. The third-order valence-corrected chi connectivity index (χ3v) is 2.75. The van der Waals surface area contributed by atoms with E-state index in [4.69, 9.17) is 10.5 Å². The molecule has 102 valence electrons. The van der Waals surface area contributed by atoms with E-state index in [1.54, 1.807) is 24.2 Å². The van der Waals surface area contributed by atoms with Crippen LogP contribution >= 0.6 is 0 Å². The summed E-state index contributed by atoms with van der Waals surface area (Å²) in [6.45, 7) is 5.34. The maximum absolute atomic E-state index is 11.7. The molecule has 1 amide bonds. The van der Waals surface area contributed by atoms with Gasteiger partial charge in [0, 0.05) is 25.9 Å². The van der Waals surface area contributed by atoms with Gasteiger partial charge in [-0.2, -0.15) is 0 Å². The first kappa shape index (κ1) is 14.7. The van der Waals surface area contributed by atoms with E-state index in [1.807, 2.05) is 13.8 Å². The molecule has 1 unspecified atom stereocenters. The number of rotatable bonds is 7. The average molecular weight is 254 g/mol. The Kier molecular flexibility index (Phi) is 5.80. The zero-order valence-electron chi connectivity index (χ0n) is 11.2. The van der Waals surface area contributed by atoms with Crippen LogP contribution in [0.25, 0.3) is 0 Å². The maximum Gasteiger partial charge on any atom is 0.240 e. The third kappa shape index (κ3) is 4.12. The monoisotopic (exact) mass is 254 g/mol. The van der Waals surface area contributed by atoms with E-state index in [0.29, 0.717) is 19.1 Å². The first-order valence-electron chi connectivity index (χ1n) is 6.07. The van der Waals surface area contributed by atoms with Crippen LogP contribution in [0.4, 0.5) is 0 Å². The lowest BCUT2D eigenvalue weighted by Crippen LogP contribution is -2.31. The SMILES string of the molecule is COCCNC(=O)Cn1cncc1C(N)C(C)C. The summed E-state index contributed by atoms with van der Waals surface area (Å²) in [7, 11) is 1.60. The predicted molar refractivity (Wildman–Crippen MR) is 68.9 cm³/mol. The van der Waals surface area contributed by atoms with Crippen molar-refractivity contribution < 1.29 is 9.53 Å². The summed E-state index contributed by atoms with van der Waals surface area (Å²) in [4.78, 5) is 15.7. The number of amides is 1. The van der Waals surface area contributed by atoms with Crippen molar-refractivity contribution in [3.63, 3.8) is 0 Å². The maximum atomic E-state index is 11.7. The molecular formula is C12H22N4O2. The molecule has 0 saturated carbocycles. The van der Waals surface area contributed by atoms with Gasteiger partial charge < -0.3 is 20.4 Å². The fourth-order valence-electron chi connectivity index (χ4n) is 1.59. The molecule has 0 radical (unpaired) electrons. The fraction of sp³-hybridized carbons (Fsp3) is 0.667. The van der Waals surface area contributed by atoms with Crippen LogP contribution < -0.4 is 11.1 Å².